The first kappa shape index (κ1) is 9.02. The van der Waals surface area contributed by atoms with Crippen molar-refractivity contribution in [3.05, 3.63) is 23.3 Å². The average Bonchev–Trinajstić information content (AvgIpc) is 2.21. The number of aromatic hydroxyl groups is 1. The van der Waals surface area contributed by atoms with Crippen molar-refractivity contribution in [3.63, 3.8) is 0 Å². The lowest BCUT2D eigenvalue weighted by molar-refractivity contribution is -0.0749. The lowest BCUT2D eigenvalue weighted by Gasteiger charge is -2.13. The number of phenolic OH excluding ortho intramolecular Hbond substituents is 1. The number of fused-ring (bicyclic) bond motifs is 1. The van der Waals surface area contributed by atoms with E-state index in [4.69, 9.17) is 4.74 Å². The highest BCUT2D eigenvalue weighted by molar-refractivity contribution is 6.07. The van der Waals surface area contributed by atoms with Gasteiger partial charge in [-0.2, -0.15) is 0 Å². The van der Waals surface area contributed by atoms with Crippen molar-refractivity contribution in [2.45, 2.75) is 19.6 Å². The molecule has 0 amide bonds. The third-order valence-corrected chi connectivity index (χ3v) is 2.24. The molecule has 4 heteroatoms. The second-order valence-corrected chi connectivity index (χ2v) is 3.55. The van der Waals surface area contributed by atoms with Gasteiger partial charge in [0.15, 0.2) is 0 Å². The maximum atomic E-state index is 11.6. The van der Waals surface area contributed by atoms with Gasteiger partial charge in [-0.25, -0.2) is 0 Å². The van der Waals surface area contributed by atoms with E-state index in [1.165, 1.54) is 19.1 Å². The summed E-state index contributed by atoms with van der Waals surface area (Å²) in [5.41, 5.74) is 0.940. The molecule has 0 aliphatic carbocycles. The zero-order valence-corrected chi connectivity index (χ0v) is 7.87. The molecule has 1 aliphatic rings. The van der Waals surface area contributed by atoms with Crippen molar-refractivity contribution in [3.8, 4) is 11.5 Å². The molecular weight excluding hydrogens is 184 g/mol. The quantitative estimate of drug-likeness (QED) is 0.646. The van der Waals surface area contributed by atoms with Crippen LogP contribution in [0.5, 0.6) is 11.5 Å². The summed E-state index contributed by atoms with van der Waals surface area (Å²) in [6.07, 6.45) is 0. The van der Waals surface area contributed by atoms with E-state index in [0.717, 1.165) is 0 Å². The van der Waals surface area contributed by atoms with Crippen LogP contribution in [0.4, 0.5) is 0 Å². The highest BCUT2D eigenvalue weighted by Crippen LogP contribution is 2.38. The molecule has 1 unspecified atom stereocenters. The minimum Gasteiger partial charge on any atom is -0.508 e. The fourth-order valence-corrected chi connectivity index (χ4v) is 1.60. The molecule has 1 heterocycles. The summed E-state index contributed by atoms with van der Waals surface area (Å²) in [5.74, 6) is -2.02. The monoisotopic (exact) mass is 194 g/mol. The van der Waals surface area contributed by atoms with Gasteiger partial charge in [-0.15, -0.1) is 0 Å². The summed E-state index contributed by atoms with van der Waals surface area (Å²) < 4.78 is 5.01. The topological polar surface area (TPSA) is 66.8 Å². The maximum Gasteiger partial charge on any atom is 0.270 e. The van der Waals surface area contributed by atoms with Crippen LogP contribution in [0.25, 0.3) is 0 Å². The molecule has 0 spiro atoms. The van der Waals surface area contributed by atoms with E-state index in [0.29, 0.717) is 11.1 Å². The number of phenols is 1. The van der Waals surface area contributed by atoms with E-state index < -0.39 is 11.6 Å². The van der Waals surface area contributed by atoms with Gasteiger partial charge in [0.05, 0.1) is 5.56 Å². The molecule has 0 radical (unpaired) electrons. The summed E-state index contributed by atoms with van der Waals surface area (Å²) in [4.78, 5) is 11.6. The fraction of sp³-hybridized carbons (Fsp3) is 0.300. The number of hydrogen-bond donors (Lipinski definition) is 2. The van der Waals surface area contributed by atoms with E-state index in [9.17, 15) is 15.0 Å². The summed E-state index contributed by atoms with van der Waals surface area (Å²) in [6.45, 7) is 2.97. The largest absolute Gasteiger partial charge is 0.508 e. The molecule has 74 valence electrons. The molecule has 0 fully saturated rings. The number of Topliss-reactive ketones (excluding diaryl/α,β-unsaturated/α-hetero) is 1. The molecular formula is C10H10O4. The minimum absolute atomic E-state index is 0.0201. The first-order chi connectivity index (χ1) is 6.42. The van der Waals surface area contributed by atoms with Gasteiger partial charge in [0.2, 0.25) is 5.78 Å². The second-order valence-electron chi connectivity index (χ2n) is 3.55. The fourth-order valence-electron chi connectivity index (χ4n) is 1.60. The van der Waals surface area contributed by atoms with Crippen LogP contribution in [-0.4, -0.2) is 21.8 Å². The Balaban J connectivity index is 2.66. The Morgan fingerprint density at radius 1 is 1.43 bits per heavy atom. The molecule has 0 bridgehead atoms. The van der Waals surface area contributed by atoms with E-state index >= 15 is 0 Å². The molecule has 1 aromatic rings. The van der Waals surface area contributed by atoms with E-state index in [2.05, 4.69) is 0 Å². The molecule has 4 nitrogen and oxygen atoms in total. The zero-order chi connectivity index (χ0) is 10.5. The molecule has 2 N–H and O–H groups in total. The number of ether oxygens (including phenoxy) is 1. The van der Waals surface area contributed by atoms with Crippen LogP contribution in [-0.2, 0) is 0 Å². The zero-order valence-electron chi connectivity index (χ0n) is 7.87. The standard InChI is InChI=1S/C10H10O4/c1-5-3-6(11)4-7-8(5)9(12)10(2,13)14-7/h3-4,11,13H,1-2H3. The predicted molar refractivity (Wildman–Crippen MR) is 48.4 cm³/mol. The van der Waals surface area contributed by atoms with E-state index in [1.54, 1.807) is 6.92 Å². The van der Waals surface area contributed by atoms with Crippen molar-refractivity contribution in [1.29, 1.82) is 0 Å². The van der Waals surface area contributed by atoms with E-state index in [1.807, 2.05) is 0 Å². The van der Waals surface area contributed by atoms with Crippen molar-refractivity contribution in [1.82, 2.24) is 0 Å². The Bertz CT molecular complexity index is 420. The molecule has 0 aromatic heterocycles. The van der Waals surface area contributed by atoms with Crippen LogP contribution in [0.3, 0.4) is 0 Å². The SMILES string of the molecule is Cc1cc(O)cc2c1C(=O)C(C)(O)O2. The van der Waals surface area contributed by atoms with Crippen molar-refractivity contribution in [2.24, 2.45) is 0 Å². The third kappa shape index (κ3) is 1.08. The third-order valence-electron chi connectivity index (χ3n) is 2.24. The van der Waals surface area contributed by atoms with Crippen molar-refractivity contribution >= 4 is 5.78 Å². The molecule has 1 aliphatic heterocycles. The number of hydrogen-bond acceptors (Lipinski definition) is 4. The van der Waals surface area contributed by atoms with Gasteiger partial charge in [0.25, 0.3) is 5.79 Å². The molecule has 1 atom stereocenters. The van der Waals surface area contributed by atoms with Crippen LogP contribution in [0.2, 0.25) is 0 Å². The summed E-state index contributed by atoms with van der Waals surface area (Å²) in [6, 6.07) is 2.78. The number of rotatable bonds is 0. The Labute approximate surface area is 80.7 Å². The van der Waals surface area contributed by atoms with Crippen molar-refractivity contribution in [2.75, 3.05) is 0 Å². The number of aryl methyl sites for hydroxylation is 1. The normalized spacial score (nSPS) is 24.6. The van der Waals surface area contributed by atoms with Gasteiger partial charge in [-0.3, -0.25) is 4.79 Å². The first-order valence-corrected chi connectivity index (χ1v) is 4.21. The van der Waals surface area contributed by atoms with Crippen LogP contribution in [0.1, 0.15) is 22.8 Å². The molecule has 0 saturated carbocycles. The van der Waals surface area contributed by atoms with Crippen molar-refractivity contribution < 1.29 is 19.7 Å². The van der Waals surface area contributed by atoms with Gasteiger partial charge >= 0.3 is 0 Å². The van der Waals surface area contributed by atoms with Gasteiger partial charge in [-0.1, -0.05) is 0 Å². The van der Waals surface area contributed by atoms with Crippen LogP contribution < -0.4 is 4.74 Å². The van der Waals surface area contributed by atoms with Gasteiger partial charge in [0.1, 0.15) is 11.5 Å². The van der Waals surface area contributed by atoms with Crippen LogP contribution >= 0.6 is 0 Å². The smallest absolute Gasteiger partial charge is 0.270 e. The lowest BCUT2D eigenvalue weighted by atomic mass is 10.0. The summed E-state index contributed by atoms with van der Waals surface area (Å²) in [5, 5.41) is 18.8. The highest BCUT2D eigenvalue weighted by atomic mass is 16.6. The summed E-state index contributed by atoms with van der Waals surface area (Å²) >= 11 is 0. The molecule has 1 aromatic carbocycles. The summed E-state index contributed by atoms with van der Waals surface area (Å²) in [7, 11) is 0. The van der Waals surface area contributed by atoms with Gasteiger partial charge < -0.3 is 14.9 Å². The number of carbonyl (C=O) groups is 1. The van der Waals surface area contributed by atoms with Gasteiger partial charge in [0, 0.05) is 13.0 Å². The Kier molecular flexibility index (Phi) is 1.60. The Morgan fingerprint density at radius 3 is 2.71 bits per heavy atom. The van der Waals surface area contributed by atoms with E-state index in [-0.39, 0.29) is 11.5 Å². The van der Waals surface area contributed by atoms with Gasteiger partial charge in [-0.05, 0) is 18.6 Å². The molecule has 14 heavy (non-hydrogen) atoms. The predicted octanol–water partition coefficient (Wildman–Crippen LogP) is 0.984. The molecule has 0 saturated heterocycles. The van der Waals surface area contributed by atoms with Crippen LogP contribution in [0.15, 0.2) is 12.1 Å². The number of ketones is 1. The minimum atomic E-state index is -1.80. The maximum absolute atomic E-state index is 11.6. The Hall–Kier alpha value is -1.55. The number of carbonyl (C=O) groups excluding carboxylic acids is 1. The average molecular weight is 194 g/mol. The highest BCUT2D eigenvalue weighted by Gasteiger charge is 2.43. The Morgan fingerprint density at radius 2 is 2.07 bits per heavy atom. The first-order valence-electron chi connectivity index (χ1n) is 4.21. The van der Waals surface area contributed by atoms with Crippen LogP contribution in [0, 0.1) is 6.92 Å². The number of benzene rings is 1. The second kappa shape index (κ2) is 2.48. The molecule has 2 rings (SSSR count). The lowest BCUT2D eigenvalue weighted by Crippen LogP contribution is -2.35. The number of aliphatic hydroxyl groups is 1.